The van der Waals surface area contributed by atoms with E-state index in [-0.39, 0.29) is 0 Å². The highest BCUT2D eigenvalue weighted by molar-refractivity contribution is 5.25. The maximum Gasteiger partial charge on any atom is 0.0239 e. The number of likely N-dealkylation sites (tertiary alicyclic amines) is 1. The second kappa shape index (κ2) is 5.28. The summed E-state index contributed by atoms with van der Waals surface area (Å²) in [5.41, 5.74) is 3.63. The minimum atomic E-state index is 0.667. The zero-order valence-electron chi connectivity index (χ0n) is 12.5. The lowest BCUT2D eigenvalue weighted by Crippen LogP contribution is -2.30. The monoisotopic (exact) mass is 257 g/mol. The average molecular weight is 257 g/mol. The number of hydrogen-bond acceptors (Lipinski definition) is 1. The first-order chi connectivity index (χ1) is 9.19. The van der Waals surface area contributed by atoms with E-state index in [1.54, 1.807) is 0 Å². The molecule has 1 aliphatic carbocycles. The Kier molecular flexibility index (Phi) is 3.66. The van der Waals surface area contributed by atoms with Gasteiger partial charge in [-0.3, -0.25) is 4.90 Å². The zero-order valence-corrected chi connectivity index (χ0v) is 12.5. The molecule has 1 aromatic rings. The topological polar surface area (TPSA) is 3.24 Å². The summed E-state index contributed by atoms with van der Waals surface area (Å²) in [5, 5.41) is 0. The highest BCUT2D eigenvalue weighted by Crippen LogP contribution is 2.46. The Morgan fingerprint density at radius 1 is 1.16 bits per heavy atom. The summed E-state index contributed by atoms with van der Waals surface area (Å²) in [6.45, 7) is 7.16. The second-order valence-corrected chi connectivity index (χ2v) is 6.95. The van der Waals surface area contributed by atoms with Gasteiger partial charge in [0.25, 0.3) is 0 Å². The Balaban J connectivity index is 1.70. The number of benzene rings is 1. The molecule has 0 radical (unpaired) electrons. The smallest absolute Gasteiger partial charge is 0.0239 e. The van der Waals surface area contributed by atoms with E-state index in [0.717, 1.165) is 12.6 Å². The van der Waals surface area contributed by atoms with Crippen molar-refractivity contribution in [2.75, 3.05) is 6.54 Å². The molecule has 3 rings (SSSR count). The van der Waals surface area contributed by atoms with Crippen LogP contribution >= 0.6 is 0 Å². The summed E-state index contributed by atoms with van der Waals surface area (Å²) in [4.78, 5) is 2.73. The second-order valence-electron chi connectivity index (χ2n) is 6.95. The summed E-state index contributed by atoms with van der Waals surface area (Å²) in [5.74, 6) is 0. The minimum absolute atomic E-state index is 0.667. The summed E-state index contributed by atoms with van der Waals surface area (Å²) >= 11 is 0. The molecule has 1 heterocycles. The molecule has 0 unspecified atom stereocenters. The normalized spacial score (nSPS) is 26.9. The molecular weight excluding hydrogens is 230 g/mol. The van der Waals surface area contributed by atoms with Crippen LogP contribution in [0.5, 0.6) is 0 Å². The van der Waals surface area contributed by atoms with Gasteiger partial charge in [-0.15, -0.1) is 0 Å². The summed E-state index contributed by atoms with van der Waals surface area (Å²) < 4.78 is 0. The molecule has 1 aliphatic heterocycles. The van der Waals surface area contributed by atoms with Crippen LogP contribution in [0.2, 0.25) is 0 Å². The highest BCUT2D eigenvalue weighted by Gasteiger charge is 2.42. The van der Waals surface area contributed by atoms with Crippen LogP contribution in [0.25, 0.3) is 0 Å². The van der Waals surface area contributed by atoms with Gasteiger partial charge in [0.1, 0.15) is 0 Å². The minimum Gasteiger partial charge on any atom is -0.296 e. The van der Waals surface area contributed by atoms with Crippen LogP contribution < -0.4 is 0 Å². The zero-order chi connectivity index (χ0) is 13.3. The first kappa shape index (κ1) is 13.2. The van der Waals surface area contributed by atoms with Gasteiger partial charge in [-0.05, 0) is 49.7 Å². The molecule has 1 saturated carbocycles. The SMILES string of the molecule is Cc1ccccc1CN1CC2(CCCCC2)C[C@@H]1C. The summed E-state index contributed by atoms with van der Waals surface area (Å²) in [6.07, 6.45) is 8.77. The molecule has 1 spiro atoms. The van der Waals surface area contributed by atoms with Gasteiger partial charge in [-0.2, -0.15) is 0 Å². The maximum atomic E-state index is 2.73. The lowest BCUT2D eigenvalue weighted by atomic mass is 9.73. The van der Waals surface area contributed by atoms with E-state index < -0.39 is 0 Å². The van der Waals surface area contributed by atoms with Crippen molar-refractivity contribution in [2.45, 2.75) is 65.0 Å². The van der Waals surface area contributed by atoms with Crippen molar-refractivity contribution in [1.82, 2.24) is 4.90 Å². The van der Waals surface area contributed by atoms with E-state index in [4.69, 9.17) is 0 Å². The van der Waals surface area contributed by atoms with Crippen LogP contribution in [0.1, 0.15) is 56.6 Å². The standard InChI is InChI=1S/C18H27N/c1-15-8-4-5-9-17(15)13-19-14-18(12-16(19)2)10-6-3-7-11-18/h4-5,8-9,16H,3,6-7,10-14H2,1-2H3/t16-/m0/s1. The van der Waals surface area contributed by atoms with Crippen molar-refractivity contribution in [3.63, 3.8) is 0 Å². The lowest BCUT2D eigenvalue weighted by Gasteiger charge is -2.33. The third-order valence-electron chi connectivity index (χ3n) is 5.44. The Morgan fingerprint density at radius 2 is 1.89 bits per heavy atom. The van der Waals surface area contributed by atoms with Crippen molar-refractivity contribution < 1.29 is 0 Å². The molecule has 1 saturated heterocycles. The van der Waals surface area contributed by atoms with E-state index in [2.05, 4.69) is 43.0 Å². The number of hydrogen-bond donors (Lipinski definition) is 0. The average Bonchev–Trinajstić information content (AvgIpc) is 2.69. The van der Waals surface area contributed by atoms with E-state index in [1.807, 2.05) is 0 Å². The van der Waals surface area contributed by atoms with Gasteiger partial charge in [0.05, 0.1) is 0 Å². The molecular formula is C18H27N. The summed E-state index contributed by atoms with van der Waals surface area (Å²) in [6, 6.07) is 9.63. The Labute approximate surface area is 118 Å². The molecule has 1 heteroatoms. The molecule has 0 amide bonds. The maximum absolute atomic E-state index is 2.73. The third-order valence-corrected chi connectivity index (χ3v) is 5.44. The van der Waals surface area contributed by atoms with E-state index >= 15 is 0 Å². The molecule has 0 bridgehead atoms. The van der Waals surface area contributed by atoms with Crippen molar-refractivity contribution in [1.29, 1.82) is 0 Å². The molecule has 2 fully saturated rings. The molecule has 19 heavy (non-hydrogen) atoms. The van der Waals surface area contributed by atoms with Crippen molar-refractivity contribution in [3.05, 3.63) is 35.4 Å². The first-order valence-corrected chi connectivity index (χ1v) is 7.97. The predicted octanol–water partition coefficient (Wildman–Crippen LogP) is 4.54. The number of rotatable bonds is 2. The van der Waals surface area contributed by atoms with Crippen LogP contribution in [0.3, 0.4) is 0 Å². The fourth-order valence-electron chi connectivity index (χ4n) is 4.29. The Bertz CT molecular complexity index is 431. The molecule has 0 N–H and O–H groups in total. The van der Waals surface area contributed by atoms with E-state index in [0.29, 0.717) is 5.41 Å². The molecule has 104 valence electrons. The van der Waals surface area contributed by atoms with Crippen molar-refractivity contribution >= 4 is 0 Å². The fourth-order valence-corrected chi connectivity index (χ4v) is 4.29. The van der Waals surface area contributed by atoms with Crippen LogP contribution in [0, 0.1) is 12.3 Å². The van der Waals surface area contributed by atoms with Gasteiger partial charge in [-0.25, -0.2) is 0 Å². The van der Waals surface area contributed by atoms with Gasteiger partial charge < -0.3 is 0 Å². The molecule has 1 atom stereocenters. The van der Waals surface area contributed by atoms with Gasteiger partial charge in [-0.1, -0.05) is 43.5 Å². The van der Waals surface area contributed by atoms with Crippen LogP contribution in [-0.4, -0.2) is 17.5 Å². The van der Waals surface area contributed by atoms with Crippen molar-refractivity contribution in [3.8, 4) is 0 Å². The van der Waals surface area contributed by atoms with Gasteiger partial charge in [0.15, 0.2) is 0 Å². The molecule has 0 aromatic heterocycles. The van der Waals surface area contributed by atoms with Crippen LogP contribution in [0.4, 0.5) is 0 Å². The summed E-state index contributed by atoms with van der Waals surface area (Å²) in [7, 11) is 0. The lowest BCUT2D eigenvalue weighted by molar-refractivity contribution is 0.180. The Hall–Kier alpha value is -0.820. The quantitative estimate of drug-likeness (QED) is 0.752. The first-order valence-electron chi connectivity index (χ1n) is 7.97. The largest absolute Gasteiger partial charge is 0.296 e. The van der Waals surface area contributed by atoms with Gasteiger partial charge >= 0.3 is 0 Å². The molecule has 2 aliphatic rings. The van der Waals surface area contributed by atoms with Crippen molar-refractivity contribution in [2.24, 2.45) is 5.41 Å². The number of aryl methyl sites for hydroxylation is 1. The number of nitrogens with zero attached hydrogens (tertiary/aromatic N) is 1. The molecule has 1 aromatic carbocycles. The van der Waals surface area contributed by atoms with Gasteiger partial charge in [0.2, 0.25) is 0 Å². The van der Waals surface area contributed by atoms with E-state index in [1.165, 1.54) is 56.2 Å². The van der Waals surface area contributed by atoms with E-state index in [9.17, 15) is 0 Å². The predicted molar refractivity (Wildman–Crippen MR) is 81.2 cm³/mol. The fraction of sp³-hybridized carbons (Fsp3) is 0.667. The molecule has 1 nitrogen and oxygen atoms in total. The Morgan fingerprint density at radius 3 is 2.63 bits per heavy atom. The van der Waals surface area contributed by atoms with Crippen LogP contribution in [0.15, 0.2) is 24.3 Å². The van der Waals surface area contributed by atoms with Crippen LogP contribution in [-0.2, 0) is 6.54 Å². The third kappa shape index (κ3) is 2.72. The highest BCUT2D eigenvalue weighted by atomic mass is 15.2. The van der Waals surface area contributed by atoms with Gasteiger partial charge in [0, 0.05) is 19.1 Å².